The SMILES string of the molecule is O=C(CC1NC(=O)NC1=O)NCCc1cccs1. The van der Waals surface area contributed by atoms with E-state index < -0.39 is 18.0 Å². The predicted octanol–water partition coefficient (Wildman–Crippen LogP) is 0.00490. The Morgan fingerprint density at radius 1 is 1.44 bits per heavy atom. The molecule has 1 aromatic rings. The summed E-state index contributed by atoms with van der Waals surface area (Å²) >= 11 is 1.64. The summed E-state index contributed by atoms with van der Waals surface area (Å²) in [6.07, 6.45) is 0.745. The normalized spacial score (nSPS) is 18.3. The molecule has 0 radical (unpaired) electrons. The highest BCUT2D eigenvalue weighted by atomic mass is 32.1. The molecule has 0 aromatic carbocycles. The van der Waals surface area contributed by atoms with Gasteiger partial charge in [-0.05, 0) is 17.9 Å². The van der Waals surface area contributed by atoms with Crippen LogP contribution in [-0.2, 0) is 16.0 Å². The second kappa shape index (κ2) is 5.63. The third-order valence-electron chi connectivity index (χ3n) is 2.52. The van der Waals surface area contributed by atoms with Crippen LogP contribution in [0.2, 0.25) is 0 Å². The average Bonchev–Trinajstić information content (AvgIpc) is 2.90. The predicted molar refractivity (Wildman–Crippen MR) is 66.1 cm³/mol. The van der Waals surface area contributed by atoms with Gasteiger partial charge in [-0.25, -0.2) is 4.79 Å². The molecule has 1 fully saturated rings. The fourth-order valence-corrected chi connectivity index (χ4v) is 2.35. The highest BCUT2D eigenvalue weighted by molar-refractivity contribution is 7.09. The van der Waals surface area contributed by atoms with Gasteiger partial charge in [0.1, 0.15) is 6.04 Å². The van der Waals surface area contributed by atoms with Crippen LogP contribution in [0, 0.1) is 0 Å². The van der Waals surface area contributed by atoms with Gasteiger partial charge in [0.15, 0.2) is 0 Å². The number of carbonyl (C=O) groups excluding carboxylic acids is 3. The fraction of sp³-hybridized carbons (Fsp3) is 0.364. The summed E-state index contributed by atoms with van der Waals surface area (Å²) in [5.74, 6) is -0.692. The third-order valence-corrected chi connectivity index (χ3v) is 3.46. The minimum absolute atomic E-state index is 0.0258. The molecule has 96 valence electrons. The molecule has 1 aromatic heterocycles. The van der Waals surface area contributed by atoms with E-state index in [0.717, 1.165) is 6.42 Å². The Kier molecular flexibility index (Phi) is 3.93. The van der Waals surface area contributed by atoms with Gasteiger partial charge in [0.25, 0.3) is 5.91 Å². The van der Waals surface area contributed by atoms with Gasteiger partial charge in [0.05, 0.1) is 6.42 Å². The van der Waals surface area contributed by atoms with E-state index in [2.05, 4.69) is 16.0 Å². The molecule has 1 aliphatic heterocycles. The maximum absolute atomic E-state index is 11.5. The summed E-state index contributed by atoms with van der Waals surface area (Å²) < 4.78 is 0. The van der Waals surface area contributed by atoms with Crippen molar-refractivity contribution in [2.45, 2.75) is 18.9 Å². The van der Waals surface area contributed by atoms with Crippen LogP contribution < -0.4 is 16.0 Å². The lowest BCUT2D eigenvalue weighted by molar-refractivity contribution is -0.126. The minimum atomic E-state index is -0.751. The quantitative estimate of drug-likeness (QED) is 0.656. The van der Waals surface area contributed by atoms with Crippen LogP contribution in [-0.4, -0.2) is 30.4 Å². The van der Waals surface area contributed by atoms with Crippen LogP contribution in [0.4, 0.5) is 4.79 Å². The number of hydrogen-bond donors (Lipinski definition) is 3. The topological polar surface area (TPSA) is 87.3 Å². The van der Waals surface area contributed by atoms with Crippen molar-refractivity contribution in [2.24, 2.45) is 0 Å². The molecule has 18 heavy (non-hydrogen) atoms. The van der Waals surface area contributed by atoms with Crippen molar-refractivity contribution in [1.82, 2.24) is 16.0 Å². The van der Waals surface area contributed by atoms with Crippen LogP contribution in [0.3, 0.4) is 0 Å². The lowest BCUT2D eigenvalue weighted by atomic mass is 10.2. The summed E-state index contributed by atoms with van der Waals surface area (Å²) in [5, 5.41) is 9.16. The fourth-order valence-electron chi connectivity index (χ4n) is 1.64. The third kappa shape index (κ3) is 3.30. The van der Waals surface area contributed by atoms with E-state index in [1.54, 1.807) is 11.3 Å². The highest BCUT2D eigenvalue weighted by Gasteiger charge is 2.30. The molecular formula is C11H13N3O3S. The maximum atomic E-state index is 11.5. The van der Waals surface area contributed by atoms with Crippen molar-refractivity contribution in [3.63, 3.8) is 0 Å². The molecule has 7 heteroatoms. The standard InChI is InChI=1S/C11H13N3O3S/c15-9(6-8-10(16)14-11(17)13-8)12-4-3-7-2-1-5-18-7/h1-2,5,8H,3-4,6H2,(H,12,15)(H2,13,14,16,17). The Morgan fingerprint density at radius 2 is 2.28 bits per heavy atom. The maximum Gasteiger partial charge on any atom is 0.322 e. The number of urea groups is 1. The molecule has 3 N–H and O–H groups in total. The number of amides is 4. The molecule has 1 aliphatic rings. The largest absolute Gasteiger partial charge is 0.356 e. The molecule has 1 saturated heterocycles. The smallest absolute Gasteiger partial charge is 0.322 e. The molecule has 4 amide bonds. The van der Waals surface area contributed by atoms with E-state index in [1.165, 1.54) is 4.88 Å². The lowest BCUT2D eigenvalue weighted by Gasteiger charge is -2.07. The Morgan fingerprint density at radius 3 is 2.89 bits per heavy atom. The number of rotatable bonds is 5. The van der Waals surface area contributed by atoms with Crippen molar-refractivity contribution < 1.29 is 14.4 Å². The van der Waals surface area contributed by atoms with Gasteiger partial charge in [0.2, 0.25) is 5.91 Å². The van der Waals surface area contributed by atoms with Crippen molar-refractivity contribution in [3.8, 4) is 0 Å². The Hall–Kier alpha value is -1.89. The number of hydrogen-bond acceptors (Lipinski definition) is 4. The van der Waals surface area contributed by atoms with Crippen molar-refractivity contribution in [3.05, 3.63) is 22.4 Å². The minimum Gasteiger partial charge on any atom is -0.356 e. The first-order valence-electron chi connectivity index (χ1n) is 5.55. The number of thiophene rings is 1. The van der Waals surface area contributed by atoms with Gasteiger partial charge >= 0.3 is 6.03 Å². The monoisotopic (exact) mass is 267 g/mol. The van der Waals surface area contributed by atoms with E-state index >= 15 is 0 Å². The van der Waals surface area contributed by atoms with Gasteiger partial charge in [0, 0.05) is 11.4 Å². The molecule has 0 saturated carbocycles. The first-order chi connectivity index (χ1) is 8.65. The summed E-state index contributed by atoms with van der Waals surface area (Å²) in [5.41, 5.74) is 0. The molecule has 6 nitrogen and oxygen atoms in total. The van der Waals surface area contributed by atoms with E-state index in [-0.39, 0.29) is 12.3 Å². The first-order valence-corrected chi connectivity index (χ1v) is 6.43. The number of carbonyl (C=O) groups is 3. The van der Waals surface area contributed by atoms with E-state index in [0.29, 0.717) is 6.54 Å². The molecule has 1 unspecified atom stereocenters. The zero-order valence-electron chi connectivity index (χ0n) is 9.56. The van der Waals surface area contributed by atoms with Gasteiger partial charge in [-0.15, -0.1) is 11.3 Å². The Labute approximate surface area is 108 Å². The molecule has 0 spiro atoms. The summed E-state index contributed by atoms with van der Waals surface area (Å²) in [6.45, 7) is 0.529. The average molecular weight is 267 g/mol. The van der Waals surface area contributed by atoms with E-state index in [4.69, 9.17) is 0 Å². The van der Waals surface area contributed by atoms with E-state index in [1.807, 2.05) is 17.5 Å². The second-order valence-corrected chi connectivity index (χ2v) is 4.93. The van der Waals surface area contributed by atoms with E-state index in [9.17, 15) is 14.4 Å². The molecular weight excluding hydrogens is 254 g/mol. The summed E-state index contributed by atoms with van der Waals surface area (Å²) in [7, 11) is 0. The lowest BCUT2D eigenvalue weighted by Crippen LogP contribution is -2.36. The first kappa shape index (κ1) is 12.6. The van der Waals surface area contributed by atoms with Gasteiger partial charge < -0.3 is 10.6 Å². The van der Waals surface area contributed by atoms with Crippen molar-refractivity contribution >= 4 is 29.2 Å². The number of imide groups is 1. The zero-order valence-corrected chi connectivity index (χ0v) is 10.4. The molecule has 2 rings (SSSR count). The van der Waals surface area contributed by atoms with Crippen LogP contribution in [0.15, 0.2) is 17.5 Å². The summed E-state index contributed by atoms with van der Waals surface area (Å²) in [6, 6.07) is 2.66. The van der Waals surface area contributed by atoms with Crippen LogP contribution in [0.5, 0.6) is 0 Å². The van der Waals surface area contributed by atoms with Gasteiger partial charge in [-0.1, -0.05) is 6.07 Å². The Balaban J connectivity index is 1.69. The Bertz CT molecular complexity index is 458. The molecule has 0 aliphatic carbocycles. The van der Waals surface area contributed by atoms with Crippen LogP contribution >= 0.6 is 11.3 Å². The van der Waals surface area contributed by atoms with Crippen molar-refractivity contribution in [2.75, 3.05) is 6.54 Å². The van der Waals surface area contributed by atoms with Gasteiger partial charge in [-0.3, -0.25) is 14.9 Å². The van der Waals surface area contributed by atoms with Crippen LogP contribution in [0.1, 0.15) is 11.3 Å². The van der Waals surface area contributed by atoms with Crippen molar-refractivity contribution in [1.29, 1.82) is 0 Å². The molecule has 2 heterocycles. The zero-order chi connectivity index (χ0) is 13.0. The second-order valence-electron chi connectivity index (χ2n) is 3.90. The summed E-state index contributed by atoms with van der Waals surface area (Å²) in [4.78, 5) is 34.8. The number of nitrogens with one attached hydrogen (secondary N) is 3. The molecule has 1 atom stereocenters. The van der Waals surface area contributed by atoms with Gasteiger partial charge in [-0.2, -0.15) is 0 Å². The molecule has 0 bridgehead atoms. The highest BCUT2D eigenvalue weighted by Crippen LogP contribution is 2.08. The van der Waals surface area contributed by atoms with Crippen LogP contribution in [0.25, 0.3) is 0 Å².